The van der Waals surface area contributed by atoms with Gasteiger partial charge in [-0.3, -0.25) is 9.59 Å². The highest BCUT2D eigenvalue weighted by molar-refractivity contribution is 6.18. The molecule has 1 fully saturated rings. The van der Waals surface area contributed by atoms with Crippen LogP contribution in [0.3, 0.4) is 0 Å². The van der Waals surface area contributed by atoms with Gasteiger partial charge in [0, 0.05) is 32.0 Å². The summed E-state index contributed by atoms with van der Waals surface area (Å²) < 4.78 is 5.21. The number of amides is 2. The van der Waals surface area contributed by atoms with Crippen molar-refractivity contribution in [3.63, 3.8) is 0 Å². The highest BCUT2D eigenvalue weighted by atomic mass is 35.5. The van der Waals surface area contributed by atoms with Crippen molar-refractivity contribution >= 4 is 23.4 Å². The summed E-state index contributed by atoms with van der Waals surface area (Å²) in [6.45, 7) is 1.51. The van der Waals surface area contributed by atoms with E-state index in [9.17, 15) is 9.59 Å². The molecule has 1 rings (SSSR count). The molecule has 2 N–H and O–H groups in total. The average molecular weight is 249 g/mol. The Hall–Kier alpha value is -0.810. The molecule has 0 spiro atoms. The van der Waals surface area contributed by atoms with E-state index in [4.69, 9.17) is 16.3 Å². The van der Waals surface area contributed by atoms with Crippen LogP contribution in [0.15, 0.2) is 0 Å². The number of ether oxygens (including phenoxy) is 1. The molecular formula is C10H17ClN2O3. The van der Waals surface area contributed by atoms with E-state index in [1.54, 1.807) is 0 Å². The molecule has 2 amide bonds. The molecule has 5 nitrogen and oxygen atoms in total. The van der Waals surface area contributed by atoms with Crippen molar-refractivity contribution in [3.8, 4) is 0 Å². The first-order valence-electron chi connectivity index (χ1n) is 5.46. The summed E-state index contributed by atoms with van der Waals surface area (Å²) in [4.78, 5) is 22.5. The lowest BCUT2D eigenvalue weighted by atomic mass is 10.2. The smallest absolute Gasteiger partial charge is 0.249 e. The molecule has 1 atom stereocenters. The number of carbonyl (C=O) groups is 2. The van der Waals surface area contributed by atoms with Crippen LogP contribution in [0.5, 0.6) is 0 Å². The van der Waals surface area contributed by atoms with Crippen LogP contribution in [0.25, 0.3) is 0 Å². The highest BCUT2D eigenvalue weighted by Crippen LogP contribution is 2.11. The van der Waals surface area contributed by atoms with Gasteiger partial charge in [0.15, 0.2) is 0 Å². The first-order valence-corrected chi connectivity index (χ1v) is 5.99. The molecule has 1 saturated heterocycles. The number of hydrogen-bond donors (Lipinski definition) is 2. The predicted octanol–water partition coefficient (Wildman–Crippen LogP) is 0.0267. The first-order chi connectivity index (χ1) is 7.74. The zero-order chi connectivity index (χ0) is 11.8. The maximum Gasteiger partial charge on any atom is 0.249 e. The third kappa shape index (κ3) is 4.81. The summed E-state index contributed by atoms with van der Waals surface area (Å²) in [6.07, 6.45) is 1.72. The second-order valence-electron chi connectivity index (χ2n) is 3.58. The normalized spacial score (nSPS) is 19.4. The maximum absolute atomic E-state index is 11.4. The van der Waals surface area contributed by atoms with Crippen molar-refractivity contribution in [1.29, 1.82) is 0 Å². The van der Waals surface area contributed by atoms with E-state index in [0.717, 1.165) is 12.8 Å². The van der Waals surface area contributed by atoms with Crippen LogP contribution in [0, 0.1) is 0 Å². The van der Waals surface area contributed by atoms with Gasteiger partial charge >= 0.3 is 0 Å². The molecule has 0 aliphatic carbocycles. The summed E-state index contributed by atoms with van der Waals surface area (Å²) in [5, 5.41) is 5.36. The summed E-state index contributed by atoms with van der Waals surface area (Å²) in [5.74, 6) is 0.124. The Morgan fingerprint density at radius 2 is 2.06 bits per heavy atom. The van der Waals surface area contributed by atoms with Crippen molar-refractivity contribution in [3.05, 3.63) is 0 Å². The van der Waals surface area contributed by atoms with E-state index >= 15 is 0 Å². The lowest BCUT2D eigenvalue weighted by Crippen LogP contribution is -2.39. The molecule has 1 aliphatic heterocycles. The fraction of sp³-hybridized carbons (Fsp3) is 0.800. The molecule has 0 saturated carbocycles. The van der Waals surface area contributed by atoms with Crippen LogP contribution in [0.2, 0.25) is 0 Å². The van der Waals surface area contributed by atoms with Gasteiger partial charge in [-0.15, -0.1) is 11.6 Å². The minimum atomic E-state index is -0.307. The Labute approximate surface area is 99.9 Å². The van der Waals surface area contributed by atoms with Gasteiger partial charge < -0.3 is 15.4 Å². The van der Waals surface area contributed by atoms with E-state index in [0.29, 0.717) is 32.0 Å². The number of carbonyl (C=O) groups excluding carboxylic acids is 2. The number of alkyl halides is 1. The van der Waals surface area contributed by atoms with Gasteiger partial charge in [0.25, 0.3) is 0 Å². The Morgan fingerprint density at radius 1 is 1.31 bits per heavy atom. The fourth-order valence-corrected chi connectivity index (χ4v) is 1.63. The molecule has 16 heavy (non-hydrogen) atoms. The molecule has 0 aromatic carbocycles. The third-order valence-electron chi connectivity index (χ3n) is 2.29. The topological polar surface area (TPSA) is 67.4 Å². The summed E-state index contributed by atoms with van der Waals surface area (Å²) in [7, 11) is 0. The van der Waals surface area contributed by atoms with Crippen LogP contribution < -0.4 is 10.6 Å². The second-order valence-corrected chi connectivity index (χ2v) is 3.96. The average Bonchev–Trinajstić information content (AvgIpc) is 2.78. The van der Waals surface area contributed by atoms with E-state index in [1.807, 2.05) is 0 Å². The minimum absolute atomic E-state index is 0.0934. The third-order valence-corrected chi connectivity index (χ3v) is 2.48. The summed E-state index contributed by atoms with van der Waals surface area (Å²) >= 11 is 5.40. The number of hydrogen-bond acceptors (Lipinski definition) is 3. The van der Waals surface area contributed by atoms with Gasteiger partial charge in [0.1, 0.15) is 6.10 Å². The molecule has 6 heteroatoms. The number of halogens is 1. The predicted molar refractivity (Wildman–Crippen MR) is 60.3 cm³/mol. The molecule has 1 unspecified atom stereocenters. The Bertz CT molecular complexity index is 242. The Morgan fingerprint density at radius 3 is 2.69 bits per heavy atom. The fourth-order valence-electron chi connectivity index (χ4n) is 1.46. The van der Waals surface area contributed by atoms with Crippen molar-refractivity contribution in [1.82, 2.24) is 10.6 Å². The van der Waals surface area contributed by atoms with Crippen molar-refractivity contribution in [2.24, 2.45) is 0 Å². The Balaban J connectivity index is 2.02. The standard InChI is InChI=1S/C10H17ClN2O3/c11-4-3-9(14)12-5-6-13-10(15)8-2-1-7-16-8/h8H,1-7H2,(H,12,14)(H,13,15). The van der Waals surface area contributed by atoms with E-state index in [2.05, 4.69) is 10.6 Å². The van der Waals surface area contributed by atoms with Gasteiger partial charge in [-0.1, -0.05) is 0 Å². The van der Waals surface area contributed by atoms with Crippen molar-refractivity contribution in [2.45, 2.75) is 25.4 Å². The van der Waals surface area contributed by atoms with E-state index in [-0.39, 0.29) is 17.9 Å². The first kappa shape index (κ1) is 13.3. The van der Waals surface area contributed by atoms with Crippen LogP contribution in [-0.4, -0.2) is 43.5 Å². The largest absolute Gasteiger partial charge is 0.368 e. The van der Waals surface area contributed by atoms with E-state index < -0.39 is 0 Å². The summed E-state index contributed by atoms with van der Waals surface area (Å²) in [5.41, 5.74) is 0. The van der Waals surface area contributed by atoms with Crippen LogP contribution in [0.1, 0.15) is 19.3 Å². The van der Waals surface area contributed by atoms with Gasteiger partial charge in [0.2, 0.25) is 11.8 Å². The van der Waals surface area contributed by atoms with Gasteiger partial charge in [-0.25, -0.2) is 0 Å². The second kappa shape index (κ2) is 7.46. The lowest BCUT2D eigenvalue weighted by molar-refractivity contribution is -0.130. The monoisotopic (exact) mass is 248 g/mol. The van der Waals surface area contributed by atoms with Crippen LogP contribution in [0.4, 0.5) is 0 Å². The zero-order valence-corrected chi connectivity index (χ0v) is 9.89. The maximum atomic E-state index is 11.4. The molecular weight excluding hydrogens is 232 g/mol. The highest BCUT2D eigenvalue weighted by Gasteiger charge is 2.22. The summed E-state index contributed by atoms with van der Waals surface area (Å²) in [6, 6.07) is 0. The molecule has 0 aromatic rings. The number of nitrogens with one attached hydrogen (secondary N) is 2. The number of rotatable bonds is 6. The molecule has 1 aliphatic rings. The van der Waals surface area contributed by atoms with Crippen LogP contribution >= 0.6 is 11.6 Å². The van der Waals surface area contributed by atoms with Gasteiger partial charge in [-0.2, -0.15) is 0 Å². The van der Waals surface area contributed by atoms with Crippen molar-refractivity contribution < 1.29 is 14.3 Å². The molecule has 0 bridgehead atoms. The van der Waals surface area contributed by atoms with Gasteiger partial charge in [-0.05, 0) is 12.8 Å². The minimum Gasteiger partial charge on any atom is -0.368 e. The SMILES string of the molecule is O=C(CCCl)NCCNC(=O)C1CCCO1. The lowest BCUT2D eigenvalue weighted by Gasteiger charge is -2.10. The zero-order valence-electron chi connectivity index (χ0n) is 9.13. The molecule has 0 aromatic heterocycles. The quantitative estimate of drug-likeness (QED) is 0.515. The van der Waals surface area contributed by atoms with Crippen LogP contribution in [-0.2, 0) is 14.3 Å². The van der Waals surface area contributed by atoms with Crippen molar-refractivity contribution in [2.75, 3.05) is 25.6 Å². The molecule has 0 radical (unpaired) electrons. The van der Waals surface area contributed by atoms with E-state index in [1.165, 1.54) is 0 Å². The van der Waals surface area contributed by atoms with Gasteiger partial charge in [0.05, 0.1) is 0 Å². The molecule has 92 valence electrons. The molecule has 1 heterocycles. The Kier molecular flexibility index (Phi) is 6.18.